The van der Waals surface area contributed by atoms with Crippen molar-refractivity contribution in [3.63, 3.8) is 0 Å². The van der Waals surface area contributed by atoms with E-state index >= 15 is 0 Å². The van der Waals surface area contributed by atoms with Crippen LogP contribution in [0.5, 0.6) is 17.2 Å². The second-order valence-corrected chi connectivity index (χ2v) is 13.7. The number of fused-ring (bicyclic) bond motifs is 2. The molecule has 2 N–H and O–H groups in total. The van der Waals surface area contributed by atoms with E-state index in [4.69, 9.17) is 14.2 Å². The van der Waals surface area contributed by atoms with Gasteiger partial charge < -0.3 is 29.7 Å². The van der Waals surface area contributed by atoms with Crippen LogP contribution in [0, 0.1) is 5.41 Å². The summed E-state index contributed by atoms with van der Waals surface area (Å²) in [5.41, 5.74) is 0.855. The van der Waals surface area contributed by atoms with Crippen molar-refractivity contribution in [2.75, 3.05) is 58.3 Å². The highest BCUT2D eigenvalue weighted by Crippen LogP contribution is 2.37. The number of carbonyl (C=O) groups excluding carboxylic acids is 2. The van der Waals surface area contributed by atoms with E-state index in [0.717, 1.165) is 63.8 Å². The molecule has 43 heavy (non-hydrogen) atoms. The molecule has 5 rings (SSSR count). The first kappa shape index (κ1) is 31.1. The topological polar surface area (TPSA) is 123 Å². The molecule has 0 saturated carbocycles. The van der Waals surface area contributed by atoms with Gasteiger partial charge in [0.05, 0.1) is 22.6 Å². The van der Waals surface area contributed by atoms with E-state index in [9.17, 15) is 18.0 Å². The number of ether oxygens (including phenoxy) is 3. The third-order valence-electron chi connectivity index (χ3n) is 8.73. The third-order valence-corrected chi connectivity index (χ3v) is 10.4. The molecule has 2 amide bonds. The van der Waals surface area contributed by atoms with Crippen LogP contribution in [-0.2, 0) is 25.8 Å². The van der Waals surface area contributed by atoms with Crippen molar-refractivity contribution in [3.05, 3.63) is 48.0 Å². The molecule has 3 heterocycles. The fraction of sp³-hybridized carbons (Fsp3) is 0.562. The third kappa shape index (κ3) is 8.20. The van der Waals surface area contributed by atoms with Crippen LogP contribution in [0.3, 0.4) is 0 Å². The van der Waals surface area contributed by atoms with E-state index in [1.54, 1.807) is 6.07 Å². The van der Waals surface area contributed by atoms with Crippen LogP contribution in [0.2, 0.25) is 0 Å². The Kier molecular flexibility index (Phi) is 10.5. The van der Waals surface area contributed by atoms with E-state index in [-0.39, 0.29) is 34.3 Å². The van der Waals surface area contributed by atoms with E-state index in [2.05, 4.69) is 21.6 Å². The molecule has 2 aromatic rings. The average molecular weight is 614 g/mol. The van der Waals surface area contributed by atoms with Crippen molar-refractivity contribution in [3.8, 4) is 17.2 Å². The van der Waals surface area contributed by atoms with Gasteiger partial charge >= 0.3 is 0 Å². The molecule has 0 aromatic heterocycles. The smallest absolute Gasteiger partial charge is 0.226 e. The predicted molar refractivity (Wildman–Crippen MR) is 162 cm³/mol. The van der Waals surface area contributed by atoms with Crippen LogP contribution >= 0.6 is 0 Å². The Morgan fingerprint density at radius 2 is 1.67 bits per heavy atom. The zero-order valence-corrected chi connectivity index (χ0v) is 25.6. The minimum absolute atomic E-state index is 0.116. The van der Waals surface area contributed by atoms with Gasteiger partial charge in [-0.2, -0.15) is 0 Å². The molecule has 11 heteroatoms. The predicted octanol–water partition coefficient (Wildman–Crippen LogP) is 3.13. The van der Waals surface area contributed by atoms with Gasteiger partial charge in [0.25, 0.3) is 0 Å². The van der Waals surface area contributed by atoms with E-state index in [0.29, 0.717) is 51.0 Å². The number of likely N-dealkylation sites (tertiary alicyclic amines) is 1. The maximum Gasteiger partial charge on any atom is 0.226 e. The number of para-hydroxylation sites is 1. The van der Waals surface area contributed by atoms with Gasteiger partial charge in [0.15, 0.2) is 21.3 Å². The highest BCUT2D eigenvalue weighted by Gasteiger charge is 2.40. The SMILES string of the molecule is O=C(CCS(=O)(=O)c1ccc2c(c1)OCCO2)NCCN1CCC2(CCCCCc3ccccc3OCCNC2=O)CC1. The molecule has 234 valence electrons. The van der Waals surface area contributed by atoms with Gasteiger partial charge in [-0.25, -0.2) is 8.42 Å². The number of amides is 2. The second kappa shape index (κ2) is 14.4. The summed E-state index contributed by atoms with van der Waals surface area (Å²) >= 11 is 0. The lowest BCUT2D eigenvalue weighted by atomic mass is 9.73. The Hall–Kier alpha value is -3.31. The van der Waals surface area contributed by atoms with Crippen LogP contribution < -0.4 is 24.8 Å². The molecule has 1 fully saturated rings. The molecule has 3 aliphatic heterocycles. The van der Waals surface area contributed by atoms with Gasteiger partial charge in [0.1, 0.15) is 25.6 Å². The summed E-state index contributed by atoms with van der Waals surface area (Å²) in [4.78, 5) is 28.2. The molecule has 0 bridgehead atoms. The van der Waals surface area contributed by atoms with E-state index < -0.39 is 9.84 Å². The standard InChI is InChI=1S/C32H43N3O7S/c36-30(11-23-43(38,39)26-9-10-28-29(24-26)42-22-21-41-28)33-15-19-35-17-13-32(14-18-35)12-5-1-2-6-25-7-3-4-8-27(25)40-20-16-34-31(32)37/h3-4,7-10,24H,1-2,5-6,11-23H2,(H,33,36)(H,34,37). The van der Waals surface area contributed by atoms with Gasteiger partial charge in [0.2, 0.25) is 11.8 Å². The summed E-state index contributed by atoms with van der Waals surface area (Å²) in [6, 6.07) is 12.7. The van der Waals surface area contributed by atoms with Crippen LogP contribution in [0.15, 0.2) is 47.4 Å². The summed E-state index contributed by atoms with van der Waals surface area (Å²) in [5, 5.41) is 6.00. The van der Waals surface area contributed by atoms with Crippen LogP contribution in [0.25, 0.3) is 0 Å². The summed E-state index contributed by atoms with van der Waals surface area (Å²) in [7, 11) is -3.64. The Labute approximate surface area is 254 Å². The molecule has 1 spiro atoms. The highest BCUT2D eigenvalue weighted by molar-refractivity contribution is 7.91. The quantitative estimate of drug-likeness (QED) is 0.489. The minimum atomic E-state index is -3.64. The normalized spacial score (nSPS) is 19.5. The van der Waals surface area contributed by atoms with Crippen LogP contribution in [-0.4, -0.2) is 83.4 Å². The Balaban J connectivity index is 1.04. The van der Waals surface area contributed by atoms with Crippen molar-refractivity contribution in [2.24, 2.45) is 5.41 Å². The van der Waals surface area contributed by atoms with Crippen LogP contribution in [0.1, 0.15) is 50.5 Å². The molecule has 0 unspecified atom stereocenters. The van der Waals surface area contributed by atoms with Crippen molar-refractivity contribution < 1.29 is 32.2 Å². The summed E-state index contributed by atoms with van der Waals surface area (Å²) in [6.07, 6.45) is 6.46. The molecule has 3 aliphatic rings. The molecular weight excluding hydrogens is 570 g/mol. The largest absolute Gasteiger partial charge is 0.491 e. The first-order valence-corrected chi connectivity index (χ1v) is 17.1. The number of benzene rings is 2. The van der Waals surface area contributed by atoms with Crippen molar-refractivity contribution in [1.29, 1.82) is 0 Å². The van der Waals surface area contributed by atoms with Crippen molar-refractivity contribution in [2.45, 2.75) is 56.3 Å². The average Bonchev–Trinajstić information content (AvgIpc) is 3.03. The first-order chi connectivity index (χ1) is 20.8. The fourth-order valence-corrected chi connectivity index (χ4v) is 7.37. The summed E-state index contributed by atoms with van der Waals surface area (Å²) in [5.74, 6) is 1.38. The van der Waals surface area contributed by atoms with E-state index in [1.165, 1.54) is 17.7 Å². The first-order valence-electron chi connectivity index (χ1n) is 15.5. The Bertz CT molecular complexity index is 1370. The number of hydrogen-bond acceptors (Lipinski definition) is 8. The molecule has 0 radical (unpaired) electrons. The maximum absolute atomic E-state index is 13.4. The lowest BCUT2D eigenvalue weighted by molar-refractivity contribution is -0.134. The monoisotopic (exact) mass is 613 g/mol. The maximum atomic E-state index is 13.4. The molecule has 0 atom stereocenters. The number of nitrogens with zero attached hydrogens (tertiary/aromatic N) is 1. The zero-order valence-electron chi connectivity index (χ0n) is 24.8. The fourth-order valence-electron chi connectivity index (χ4n) is 6.12. The lowest BCUT2D eigenvalue weighted by Crippen LogP contribution is -2.50. The number of aryl methyl sites for hydroxylation is 1. The number of nitrogens with one attached hydrogen (secondary N) is 2. The van der Waals surface area contributed by atoms with Crippen LogP contribution in [0.4, 0.5) is 0 Å². The second-order valence-electron chi connectivity index (χ2n) is 11.6. The Morgan fingerprint density at radius 3 is 2.51 bits per heavy atom. The van der Waals surface area contributed by atoms with Crippen molar-refractivity contribution in [1.82, 2.24) is 15.5 Å². The molecule has 0 aliphatic carbocycles. The summed E-state index contributed by atoms with van der Waals surface area (Å²) < 4.78 is 42.5. The lowest BCUT2D eigenvalue weighted by Gasteiger charge is -2.41. The van der Waals surface area contributed by atoms with Gasteiger partial charge in [-0.15, -0.1) is 0 Å². The molecule has 1 saturated heterocycles. The Morgan fingerprint density at radius 1 is 0.907 bits per heavy atom. The number of carbonyl (C=O) groups is 2. The molecule has 10 nitrogen and oxygen atoms in total. The minimum Gasteiger partial charge on any atom is -0.491 e. The number of rotatable bonds is 7. The van der Waals surface area contributed by atoms with Gasteiger partial charge in [-0.3, -0.25) is 9.59 Å². The van der Waals surface area contributed by atoms with E-state index in [1.807, 2.05) is 18.2 Å². The number of sulfone groups is 1. The zero-order chi connectivity index (χ0) is 30.1. The summed E-state index contributed by atoms with van der Waals surface area (Å²) in [6.45, 7) is 4.38. The van der Waals surface area contributed by atoms with Gasteiger partial charge in [-0.05, 0) is 69.0 Å². The molecular formula is C32H43N3O7S. The van der Waals surface area contributed by atoms with Gasteiger partial charge in [0, 0.05) is 25.6 Å². The molecule has 2 aromatic carbocycles. The van der Waals surface area contributed by atoms with Crippen molar-refractivity contribution >= 4 is 21.7 Å². The number of hydrogen-bond donors (Lipinski definition) is 2. The van der Waals surface area contributed by atoms with Gasteiger partial charge in [-0.1, -0.05) is 31.0 Å². The number of piperidine rings is 1. The highest BCUT2D eigenvalue weighted by atomic mass is 32.2.